The Morgan fingerprint density at radius 3 is 2.94 bits per heavy atom. The molecule has 1 heterocycles. The Hall–Kier alpha value is -1.00. The van der Waals surface area contributed by atoms with Crippen molar-refractivity contribution >= 4 is 17.5 Å². The van der Waals surface area contributed by atoms with Crippen molar-refractivity contribution < 1.29 is 14.3 Å². The number of aliphatic hydroxyl groups excluding tert-OH is 1. The Kier molecular flexibility index (Phi) is 5.35. The molecule has 0 aliphatic rings. The van der Waals surface area contributed by atoms with E-state index in [1.165, 1.54) is 12.3 Å². The van der Waals surface area contributed by atoms with E-state index in [-0.39, 0.29) is 17.7 Å². The summed E-state index contributed by atoms with van der Waals surface area (Å²) in [7, 11) is 0. The van der Waals surface area contributed by atoms with E-state index in [9.17, 15) is 4.79 Å². The number of aliphatic hydroxyl groups is 1. The van der Waals surface area contributed by atoms with Crippen molar-refractivity contribution in [1.82, 2.24) is 5.32 Å². The van der Waals surface area contributed by atoms with E-state index in [2.05, 4.69) is 5.32 Å². The van der Waals surface area contributed by atoms with E-state index in [0.717, 1.165) is 6.42 Å². The van der Waals surface area contributed by atoms with Crippen LogP contribution < -0.4 is 5.32 Å². The highest BCUT2D eigenvalue weighted by molar-refractivity contribution is 6.32. The van der Waals surface area contributed by atoms with Crippen LogP contribution in [0.15, 0.2) is 16.7 Å². The minimum Gasteiger partial charge on any atom is -0.452 e. The van der Waals surface area contributed by atoms with Gasteiger partial charge in [-0.1, -0.05) is 13.3 Å². The van der Waals surface area contributed by atoms with Gasteiger partial charge in [-0.2, -0.15) is 0 Å². The Morgan fingerprint density at radius 2 is 2.44 bits per heavy atom. The molecule has 1 rings (SSSR count). The maximum atomic E-state index is 11.6. The summed E-state index contributed by atoms with van der Waals surface area (Å²) in [6, 6.07) is 1.53. The molecule has 1 unspecified atom stereocenters. The second kappa shape index (κ2) is 6.55. The lowest BCUT2D eigenvalue weighted by Crippen LogP contribution is -2.29. The Balaban J connectivity index is 2.43. The second-order valence-corrected chi connectivity index (χ2v) is 3.95. The first-order valence-electron chi connectivity index (χ1n) is 5.31. The summed E-state index contributed by atoms with van der Waals surface area (Å²) < 4.78 is 4.83. The summed E-state index contributed by atoms with van der Waals surface area (Å²) >= 11 is 5.68. The minimum absolute atomic E-state index is 0.104. The van der Waals surface area contributed by atoms with Crippen molar-refractivity contribution in [1.29, 1.82) is 0 Å². The number of halogens is 1. The third kappa shape index (κ3) is 3.54. The quantitative estimate of drug-likeness (QED) is 0.807. The van der Waals surface area contributed by atoms with Crippen LogP contribution in [-0.2, 0) is 0 Å². The number of carbonyl (C=O) groups excluding carboxylic acids is 1. The van der Waals surface area contributed by atoms with Gasteiger partial charge in [-0.3, -0.25) is 4.79 Å². The molecule has 4 nitrogen and oxygen atoms in total. The monoisotopic (exact) mass is 245 g/mol. The van der Waals surface area contributed by atoms with E-state index in [1.54, 1.807) is 0 Å². The third-order valence-corrected chi connectivity index (χ3v) is 2.82. The Morgan fingerprint density at radius 1 is 1.69 bits per heavy atom. The van der Waals surface area contributed by atoms with Crippen LogP contribution in [0.5, 0.6) is 0 Å². The number of hydrogen-bond donors (Lipinski definition) is 2. The van der Waals surface area contributed by atoms with Crippen LogP contribution in [0.4, 0.5) is 0 Å². The average Bonchev–Trinajstić information content (AvgIpc) is 2.70. The number of furan rings is 1. The Labute approximate surface area is 99.6 Å². The van der Waals surface area contributed by atoms with Crippen molar-refractivity contribution in [3.63, 3.8) is 0 Å². The first kappa shape index (κ1) is 13.1. The summed E-state index contributed by atoms with van der Waals surface area (Å²) in [6.07, 6.45) is 2.98. The Bertz CT molecular complexity index is 338. The number of nitrogens with one attached hydrogen (secondary N) is 1. The molecule has 90 valence electrons. The molecule has 2 N–H and O–H groups in total. The van der Waals surface area contributed by atoms with Crippen molar-refractivity contribution in [2.75, 3.05) is 13.2 Å². The fraction of sp³-hybridized carbons (Fsp3) is 0.545. The topological polar surface area (TPSA) is 62.5 Å². The molecule has 0 aromatic carbocycles. The highest BCUT2D eigenvalue weighted by atomic mass is 35.5. The number of carbonyl (C=O) groups is 1. The molecule has 0 bridgehead atoms. The fourth-order valence-electron chi connectivity index (χ4n) is 1.42. The van der Waals surface area contributed by atoms with E-state index < -0.39 is 0 Å². The zero-order valence-electron chi connectivity index (χ0n) is 9.20. The molecule has 0 fully saturated rings. The van der Waals surface area contributed by atoms with Gasteiger partial charge < -0.3 is 14.8 Å². The third-order valence-electron chi connectivity index (χ3n) is 2.53. The van der Waals surface area contributed by atoms with Gasteiger partial charge in [0.15, 0.2) is 0 Å². The molecule has 5 heteroatoms. The predicted octanol–water partition coefficient (Wildman–Crippen LogP) is 2.07. The molecule has 0 aliphatic heterocycles. The van der Waals surface area contributed by atoms with Crippen molar-refractivity contribution in [3.05, 3.63) is 23.1 Å². The standard InChI is InChI=1S/C11H16ClNO3/c1-2-8(3-5-14)7-13-11(15)9-4-6-16-10(9)12/h4,6,8,14H,2-3,5,7H2,1H3,(H,13,15). The summed E-state index contributed by atoms with van der Waals surface area (Å²) in [4.78, 5) is 11.6. The lowest BCUT2D eigenvalue weighted by molar-refractivity contribution is 0.0943. The zero-order chi connectivity index (χ0) is 12.0. The van der Waals surface area contributed by atoms with E-state index in [0.29, 0.717) is 24.4 Å². The summed E-state index contributed by atoms with van der Waals surface area (Å²) in [5.74, 6) is 0.0507. The van der Waals surface area contributed by atoms with E-state index in [1.807, 2.05) is 6.92 Å². The minimum atomic E-state index is -0.241. The molecule has 1 aromatic heterocycles. The van der Waals surface area contributed by atoms with Gasteiger partial charge in [-0.15, -0.1) is 0 Å². The summed E-state index contributed by atoms with van der Waals surface area (Å²) in [5.41, 5.74) is 0.348. The number of amides is 1. The molecule has 0 saturated carbocycles. The molecule has 0 radical (unpaired) electrons. The van der Waals surface area contributed by atoms with Gasteiger partial charge >= 0.3 is 0 Å². The lowest BCUT2D eigenvalue weighted by atomic mass is 10.0. The van der Waals surface area contributed by atoms with Crippen LogP contribution in [0.1, 0.15) is 30.1 Å². The number of rotatable bonds is 6. The zero-order valence-corrected chi connectivity index (χ0v) is 9.96. The first-order chi connectivity index (χ1) is 7.69. The fourth-order valence-corrected chi connectivity index (χ4v) is 1.62. The normalized spacial score (nSPS) is 12.4. The van der Waals surface area contributed by atoms with Gasteiger partial charge in [-0.25, -0.2) is 0 Å². The van der Waals surface area contributed by atoms with E-state index in [4.69, 9.17) is 21.1 Å². The van der Waals surface area contributed by atoms with E-state index >= 15 is 0 Å². The van der Waals surface area contributed by atoms with Gasteiger partial charge in [0.2, 0.25) is 5.22 Å². The van der Waals surface area contributed by atoms with Gasteiger partial charge in [0.1, 0.15) is 0 Å². The highest BCUT2D eigenvalue weighted by Crippen LogP contribution is 2.16. The lowest BCUT2D eigenvalue weighted by Gasteiger charge is -2.13. The molecule has 1 amide bonds. The molecular weight excluding hydrogens is 230 g/mol. The van der Waals surface area contributed by atoms with Gasteiger partial charge in [0.05, 0.1) is 11.8 Å². The maximum Gasteiger partial charge on any atom is 0.256 e. The molecule has 0 aliphatic carbocycles. The molecular formula is C11H16ClNO3. The van der Waals surface area contributed by atoms with Gasteiger partial charge in [0, 0.05) is 13.2 Å². The summed E-state index contributed by atoms with van der Waals surface area (Å²) in [6.45, 7) is 2.70. The van der Waals surface area contributed by atoms with Gasteiger partial charge in [0.25, 0.3) is 5.91 Å². The molecule has 16 heavy (non-hydrogen) atoms. The molecule has 1 atom stereocenters. The smallest absolute Gasteiger partial charge is 0.256 e. The van der Waals surface area contributed by atoms with Crippen LogP contribution >= 0.6 is 11.6 Å². The SMILES string of the molecule is CCC(CCO)CNC(=O)c1ccoc1Cl. The van der Waals surface area contributed by atoms with Crippen molar-refractivity contribution in [2.24, 2.45) is 5.92 Å². The highest BCUT2D eigenvalue weighted by Gasteiger charge is 2.14. The van der Waals surface area contributed by atoms with Crippen LogP contribution in [0, 0.1) is 5.92 Å². The van der Waals surface area contributed by atoms with Crippen LogP contribution in [0.2, 0.25) is 5.22 Å². The van der Waals surface area contributed by atoms with Gasteiger partial charge in [-0.05, 0) is 30.0 Å². The number of hydrogen-bond acceptors (Lipinski definition) is 3. The van der Waals surface area contributed by atoms with Crippen molar-refractivity contribution in [2.45, 2.75) is 19.8 Å². The van der Waals surface area contributed by atoms with Crippen molar-refractivity contribution in [3.8, 4) is 0 Å². The first-order valence-corrected chi connectivity index (χ1v) is 5.68. The largest absolute Gasteiger partial charge is 0.452 e. The van der Waals surface area contributed by atoms with Crippen LogP contribution in [0.3, 0.4) is 0 Å². The summed E-state index contributed by atoms with van der Waals surface area (Å²) in [5, 5.41) is 11.7. The molecule has 0 spiro atoms. The maximum absolute atomic E-state index is 11.6. The van der Waals surface area contributed by atoms with Crippen LogP contribution in [-0.4, -0.2) is 24.2 Å². The molecule has 1 aromatic rings. The average molecular weight is 246 g/mol. The van der Waals surface area contributed by atoms with Crippen LogP contribution in [0.25, 0.3) is 0 Å². The molecule has 0 saturated heterocycles. The predicted molar refractivity (Wildman–Crippen MR) is 61.5 cm³/mol. The second-order valence-electron chi connectivity index (χ2n) is 3.60.